The molecule has 2 aromatic rings. The summed E-state index contributed by atoms with van der Waals surface area (Å²) in [6.07, 6.45) is 6.25. The molecule has 1 N–H and O–H groups in total. The molecule has 5 nitrogen and oxygen atoms in total. The van der Waals surface area contributed by atoms with Gasteiger partial charge in [-0.2, -0.15) is 0 Å². The first-order valence-corrected chi connectivity index (χ1v) is 12.7. The molecule has 0 radical (unpaired) electrons. The highest BCUT2D eigenvalue weighted by molar-refractivity contribution is 9.10. The quantitative estimate of drug-likeness (QED) is 0.490. The van der Waals surface area contributed by atoms with Gasteiger partial charge in [-0.3, -0.25) is 9.59 Å². The van der Waals surface area contributed by atoms with E-state index in [1.165, 1.54) is 6.42 Å². The Hall–Kier alpha value is -2.34. The first kappa shape index (κ1) is 25.3. The van der Waals surface area contributed by atoms with Gasteiger partial charge in [-0.05, 0) is 68.9 Å². The van der Waals surface area contributed by atoms with Crippen molar-refractivity contribution in [1.29, 1.82) is 0 Å². The molecule has 0 aromatic heterocycles. The first-order chi connectivity index (χ1) is 15.8. The van der Waals surface area contributed by atoms with Gasteiger partial charge in [0, 0.05) is 17.1 Å². The maximum atomic E-state index is 13.2. The average Bonchev–Trinajstić information content (AvgIpc) is 2.82. The van der Waals surface area contributed by atoms with Crippen molar-refractivity contribution in [3.8, 4) is 5.75 Å². The number of ether oxygens (including phenoxy) is 1. The van der Waals surface area contributed by atoms with Crippen LogP contribution in [-0.4, -0.2) is 41.9 Å². The van der Waals surface area contributed by atoms with Crippen LogP contribution in [0.25, 0.3) is 0 Å². The van der Waals surface area contributed by atoms with Gasteiger partial charge in [0.15, 0.2) is 6.61 Å². The van der Waals surface area contributed by atoms with E-state index in [1.54, 1.807) is 4.90 Å². The predicted octanol–water partition coefficient (Wildman–Crippen LogP) is 5.35. The highest BCUT2D eigenvalue weighted by Crippen LogP contribution is 2.26. The molecule has 1 fully saturated rings. The number of hydrogen-bond donors (Lipinski definition) is 1. The molecule has 2 aromatic carbocycles. The molecule has 33 heavy (non-hydrogen) atoms. The van der Waals surface area contributed by atoms with Crippen LogP contribution in [0.3, 0.4) is 0 Å². The smallest absolute Gasteiger partial charge is 0.261 e. The Morgan fingerprint density at radius 3 is 2.36 bits per heavy atom. The topological polar surface area (TPSA) is 58.6 Å². The van der Waals surface area contributed by atoms with E-state index in [-0.39, 0.29) is 24.5 Å². The summed E-state index contributed by atoms with van der Waals surface area (Å²) in [5.74, 6) is 0.387. The van der Waals surface area contributed by atoms with Crippen LogP contribution in [-0.2, 0) is 16.0 Å². The van der Waals surface area contributed by atoms with Gasteiger partial charge in [0.05, 0.1) is 0 Å². The minimum Gasteiger partial charge on any atom is -0.484 e. The molecule has 1 aliphatic rings. The number of carbonyl (C=O) groups is 2. The zero-order valence-electron chi connectivity index (χ0n) is 19.9. The molecule has 0 bridgehead atoms. The first-order valence-electron chi connectivity index (χ1n) is 11.9. The highest BCUT2D eigenvalue weighted by Gasteiger charge is 2.28. The molecule has 1 saturated carbocycles. The number of benzene rings is 2. The van der Waals surface area contributed by atoms with Gasteiger partial charge >= 0.3 is 0 Å². The summed E-state index contributed by atoms with van der Waals surface area (Å²) in [4.78, 5) is 27.9. The normalized spacial score (nSPS) is 15.0. The van der Waals surface area contributed by atoms with Crippen molar-refractivity contribution in [2.24, 2.45) is 0 Å². The molecule has 178 valence electrons. The van der Waals surface area contributed by atoms with Crippen LogP contribution >= 0.6 is 15.9 Å². The van der Waals surface area contributed by atoms with Crippen LogP contribution in [0, 0.1) is 13.8 Å². The van der Waals surface area contributed by atoms with Crippen LogP contribution < -0.4 is 10.1 Å². The third-order valence-corrected chi connectivity index (χ3v) is 7.63. The number of nitrogens with one attached hydrogen (secondary N) is 1. The van der Waals surface area contributed by atoms with Gasteiger partial charge in [-0.15, -0.1) is 0 Å². The standard InChI is InChI=1S/C27H35BrN2O3/c1-19-16-24(17-20(2)26(19)28)33-18-25(31)30(15-14-22-10-6-4-7-11-22)21(3)27(32)29-23-12-8-5-9-13-23/h4,6-7,10-11,16-17,21,23H,5,8-9,12-15,18H2,1-3H3,(H,29,32)/t21-/m0/s1. The van der Waals surface area contributed by atoms with Crippen LogP contribution in [0.15, 0.2) is 46.9 Å². The molecule has 0 saturated heterocycles. The lowest BCUT2D eigenvalue weighted by Crippen LogP contribution is -2.52. The molecular weight excluding hydrogens is 480 g/mol. The molecule has 3 rings (SSSR count). The Morgan fingerprint density at radius 1 is 1.09 bits per heavy atom. The van der Waals surface area contributed by atoms with E-state index < -0.39 is 6.04 Å². The number of carbonyl (C=O) groups excluding carboxylic acids is 2. The maximum Gasteiger partial charge on any atom is 0.261 e. The summed E-state index contributed by atoms with van der Waals surface area (Å²) in [5, 5.41) is 3.17. The molecule has 0 aliphatic heterocycles. The van der Waals surface area contributed by atoms with E-state index in [0.29, 0.717) is 18.7 Å². The van der Waals surface area contributed by atoms with Gasteiger partial charge in [0.25, 0.3) is 5.91 Å². The van der Waals surface area contributed by atoms with Gasteiger partial charge in [0.2, 0.25) is 5.91 Å². The highest BCUT2D eigenvalue weighted by atomic mass is 79.9. The Kier molecular flexibility index (Phi) is 9.36. The van der Waals surface area contributed by atoms with Crippen LogP contribution in [0.5, 0.6) is 5.75 Å². The van der Waals surface area contributed by atoms with Crippen molar-refractivity contribution in [2.75, 3.05) is 13.2 Å². The second-order valence-electron chi connectivity index (χ2n) is 9.00. The molecule has 0 heterocycles. The van der Waals surface area contributed by atoms with Crippen molar-refractivity contribution in [3.63, 3.8) is 0 Å². The number of halogens is 1. The van der Waals surface area contributed by atoms with E-state index in [9.17, 15) is 9.59 Å². The summed E-state index contributed by atoms with van der Waals surface area (Å²) in [6.45, 7) is 6.17. The van der Waals surface area contributed by atoms with Crippen molar-refractivity contribution in [3.05, 3.63) is 63.6 Å². The average molecular weight is 515 g/mol. The van der Waals surface area contributed by atoms with Crippen molar-refractivity contribution >= 4 is 27.7 Å². The van der Waals surface area contributed by atoms with E-state index in [4.69, 9.17) is 4.74 Å². The fourth-order valence-corrected chi connectivity index (χ4v) is 4.59. The number of aryl methyl sites for hydroxylation is 2. The Morgan fingerprint density at radius 2 is 1.73 bits per heavy atom. The number of amides is 2. The molecule has 1 atom stereocenters. The second kappa shape index (κ2) is 12.2. The molecule has 2 amide bonds. The Labute approximate surface area is 206 Å². The van der Waals surface area contributed by atoms with E-state index >= 15 is 0 Å². The van der Waals surface area contributed by atoms with Gasteiger partial charge in [0.1, 0.15) is 11.8 Å². The minimum atomic E-state index is -0.555. The van der Waals surface area contributed by atoms with Crippen molar-refractivity contribution < 1.29 is 14.3 Å². The molecule has 0 unspecified atom stereocenters. The largest absolute Gasteiger partial charge is 0.484 e. The summed E-state index contributed by atoms with van der Waals surface area (Å²) in [5.41, 5.74) is 3.24. The van der Waals surface area contributed by atoms with Crippen LogP contribution in [0.4, 0.5) is 0 Å². The van der Waals surface area contributed by atoms with E-state index in [1.807, 2.05) is 63.2 Å². The van der Waals surface area contributed by atoms with Crippen LogP contribution in [0.1, 0.15) is 55.7 Å². The summed E-state index contributed by atoms with van der Waals surface area (Å²) >= 11 is 3.56. The van der Waals surface area contributed by atoms with Gasteiger partial charge in [-0.25, -0.2) is 0 Å². The summed E-state index contributed by atoms with van der Waals surface area (Å²) < 4.78 is 6.89. The second-order valence-corrected chi connectivity index (χ2v) is 9.79. The molecule has 1 aliphatic carbocycles. The molecule has 0 spiro atoms. The minimum absolute atomic E-state index is 0.0846. The zero-order chi connectivity index (χ0) is 23.8. The fourth-order valence-electron chi connectivity index (χ4n) is 4.36. The van der Waals surface area contributed by atoms with E-state index in [2.05, 4.69) is 21.2 Å². The van der Waals surface area contributed by atoms with E-state index in [0.717, 1.165) is 46.8 Å². The van der Waals surface area contributed by atoms with Crippen molar-refractivity contribution in [2.45, 2.75) is 71.4 Å². The Bertz CT molecular complexity index is 919. The number of rotatable bonds is 9. The lowest BCUT2D eigenvalue weighted by Gasteiger charge is -2.31. The number of nitrogens with zero attached hydrogens (tertiary/aromatic N) is 1. The lowest BCUT2D eigenvalue weighted by molar-refractivity contribution is -0.141. The third-order valence-electron chi connectivity index (χ3n) is 6.38. The maximum absolute atomic E-state index is 13.2. The monoisotopic (exact) mass is 514 g/mol. The lowest BCUT2D eigenvalue weighted by atomic mass is 9.95. The number of hydrogen-bond acceptors (Lipinski definition) is 3. The predicted molar refractivity (Wildman–Crippen MR) is 135 cm³/mol. The Balaban J connectivity index is 1.67. The van der Waals surface area contributed by atoms with Gasteiger partial charge in [-0.1, -0.05) is 65.5 Å². The molecule has 6 heteroatoms. The fraction of sp³-hybridized carbons (Fsp3) is 0.481. The SMILES string of the molecule is Cc1cc(OCC(=O)N(CCc2ccccc2)[C@@H](C)C(=O)NC2CCCCC2)cc(C)c1Br. The summed E-state index contributed by atoms with van der Waals surface area (Å²) in [6, 6.07) is 13.5. The summed E-state index contributed by atoms with van der Waals surface area (Å²) in [7, 11) is 0. The van der Waals surface area contributed by atoms with Gasteiger partial charge < -0.3 is 15.0 Å². The molecular formula is C27H35BrN2O3. The van der Waals surface area contributed by atoms with Crippen molar-refractivity contribution in [1.82, 2.24) is 10.2 Å². The zero-order valence-corrected chi connectivity index (χ0v) is 21.5. The third kappa shape index (κ3) is 7.32. The van der Waals surface area contributed by atoms with Crippen LogP contribution in [0.2, 0.25) is 0 Å².